The van der Waals surface area contributed by atoms with E-state index in [4.69, 9.17) is 4.74 Å². The van der Waals surface area contributed by atoms with Crippen LogP contribution in [0.2, 0.25) is 0 Å². The molecule has 3 aromatic carbocycles. The summed E-state index contributed by atoms with van der Waals surface area (Å²) < 4.78 is 5.85. The van der Waals surface area contributed by atoms with Crippen LogP contribution in [-0.2, 0) is 27.8 Å². The molecule has 0 fully saturated rings. The van der Waals surface area contributed by atoms with Gasteiger partial charge in [0.15, 0.2) is 6.61 Å². The first kappa shape index (κ1) is 33.9. The number of rotatable bonds is 14. The topological polar surface area (TPSA) is 95.9 Å². The molecule has 232 valence electrons. The van der Waals surface area contributed by atoms with Crippen molar-refractivity contribution in [3.05, 3.63) is 100 Å². The highest BCUT2D eigenvalue weighted by Crippen LogP contribution is 2.41. The third kappa shape index (κ3) is 8.70. The number of hydrogen-bond acceptors (Lipinski definition) is 4. The van der Waals surface area contributed by atoms with Gasteiger partial charge in [-0.25, -0.2) is 4.79 Å². The lowest BCUT2D eigenvalue weighted by atomic mass is 9.69. The van der Waals surface area contributed by atoms with E-state index in [0.29, 0.717) is 5.75 Å². The molecule has 0 saturated carbocycles. The number of aryl methyl sites for hydroxylation is 3. The molecule has 0 aliphatic heterocycles. The van der Waals surface area contributed by atoms with E-state index in [1.165, 1.54) is 22.3 Å². The SMILES string of the molecule is CCC(CC)(c1ccc(CCC(O)C(C)(C)C)c(C)c1)c1ccc(OCC(=O)N[C@H](Cc2ccccc2)C(=O)O)c(C)c1. The Morgan fingerprint density at radius 1 is 0.884 bits per heavy atom. The molecule has 0 bridgehead atoms. The minimum atomic E-state index is -1.08. The van der Waals surface area contributed by atoms with Crippen LogP contribution in [0.1, 0.15) is 87.3 Å². The largest absolute Gasteiger partial charge is 0.484 e. The summed E-state index contributed by atoms with van der Waals surface area (Å²) in [6.45, 7) is 14.5. The van der Waals surface area contributed by atoms with Crippen LogP contribution in [0.4, 0.5) is 0 Å². The van der Waals surface area contributed by atoms with Crippen molar-refractivity contribution in [3.63, 3.8) is 0 Å². The molecule has 0 aromatic heterocycles. The van der Waals surface area contributed by atoms with Gasteiger partial charge in [0, 0.05) is 11.8 Å². The lowest BCUT2D eigenvalue weighted by molar-refractivity contribution is -0.142. The van der Waals surface area contributed by atoms with E-state index in [1.807, 2.05) is 43.3 Å². The van der Waals surface area contributed by atoms with E-state index in [0.717, 1.165) is 36.8 Å². The van der Waals surface area contributed by atoms with E-state index in [1.54, 1.807) is 0 Å². The summed E-state index contributed by atoms with van der Waals surface area (Å²) in [5, 5.41) is 22.7. The fourth-order valence-electron chi connectivity index (χ4n) is 5.77. The number of nitrogens with one attached hydrogen (secondary N) is 1. The number of amides is 1. The first-order valence-electron chi connectivity index (χ1n) is 15.4. The minimum absolute atomic E-state index is 0.131. The fourth-order valence-corrected chi connectivity index (χ4v) is 5.77. The molecule has 0 aliphatic rings. The summed E-state index contributed by atoms with van der Waals surface area (Å²) in [6.07, 6.45) is 3.27. The van der Waals surface area contributed by atoms with Gasteiger partial charge in [0.25, 0.3) is 5.91 Å². The number of carbonyl (C=O) groups is 2. The van der Waals surface area contributed by atoms with Crippen LogP contribution in [0, 0.1) is 19.3 Å². The van der Waals surface area contributed by atoms with Gasteiger partial charge in [0.2, 0.25) is 0 Å². The second-order valence-corrected chi connectivity index (χ2v) is 12.8. The van der Waals surface area contributed by atoms with E-state index in [2.05, 4.69) is 77.2 Å². The monoisotopic (exact) mass is 587 g/mol. The van der Waals surface area contributed by atoms with Gasteiger partial charge in [-0.1, -0.05) is 95.3 Å². The zero-order valence-corrected chi connectivity index (χ0v) is 26.9. The average molecular weight is 588 g/mol. The molecule has 0 aliphatic carbocycles. The molecule has 3 rings (SSSR count). The molecule has 0 heterocycles. The molecule has 1 amide bonds. The van der Waals surface area contributed by atoms with E-state index < -0.39 is 17.9 Å². The van der Waals surface area contributed by atoms with Crippen molar-refractivity contribution < 1.29 is 24.5 Å². The summed E-state index contributed by atoms with van der Waals surface area (Å²) in [4.78, 5) is 24.4. The Hall–Kier alpha value is -3.64. The summed E-state index contributed by atoms with van der Waals surface area (Å²) in [6, 6.07) is 21.1. The molecule has 0 radical (unpaired) electrons. The lowest BCUT2D eigenvalue weighted by Gasteiger charge is -2.34. The Balaban J connectivity index is 1.72. The second-order valence-electron chi connectivity index (χ2n) is 12.8. The van der Waals surface area contributed by atoms with Crippen molar-refractivity contribution in [2.45, 2.75) is 98.1 Å². The van der Waals surface area contributed by atoms with Crippen molar-refractivity contribution in [2.75, 3.05) is 6.61 Å². The van der Waals surface area contributed by atoms with Crippen molar-refractivity contribution in [1.29, 1.82) is 0 Å². The molecule has 1 unspecified atom stereocenters. The van der Waals surface area contributed by atoms with Crippen molar-refractivity contribution in [3.8, 4) is 5.75 Å². The fraction of sp³-hybridized carbons (Fsp3) is 0.459. The molecule has 6 nitrogen and oxygen atoms in total. The maximum atomic E-state index is 12.6. The maximum Gasteiger partial charge on any atom is 0.326 e. The Bertz CT molecular complexity index is 1370. The van der Waals surface area contributed by atoms with Crippen molar-refractivity contribution in [2.24, 2.45) is 5.41 Å². The number of carboxylic acid groups (broad SMARTS) is 1. The minimum Gasteiger partial charge on any atom is -0.484 e. The van der Waals surface area contributed by atoms with Gasteiger partial charge in [-0.3, -0.25) is 4.79 Å². The predicted octanol–water partition coefficient (Wildman–Crippen LogP) is 6.94. The first-order valence-corrected chi connectivity index (χ1v) is 15.4. The normalized spacial score (nSPS) is 13.3. The summed E-state index contributed by atoms with van der Waals surface area (Å²) in [7, 11) is 0. The van der Waals surface area contributed by atoms with E-state index in [9.17, 15) is 19.8 Å². The molecule has 0 spiro atoms. The Morgan fingerprint density at radius 2 is 1.49 bits per heavy atom. The molecule has 3 N–H and O–H groups in total. The summed E-state index contributed by atoms with van der Waals surface area (Å²) in [5.41, 5.74) is 6.40. The quantitative estimate of drug-likeness (QED) is 0.190. The summed E-state index contributed by atoms with van der Waals surface area (Å²) in [5.74, 6) is -0.966. The van der Waals surface area contributed by atoms with Crippen LogP contribution in [0.15, 0.2) is 66.7 Å². The number of benzene rings is 3. The van der Waals surface area contributed by atoms with Crippen LogP contribution in [0.5, 0.6) is 5.75 Å². The van der Waals surface area contributed by atoms with Gasteiger partial charge < -0.3 is 20.3 Å². The second kappa shape index (κ2) is 14.7. The number of aliphatic carboxylic acids is 1. The maximum absolute atomic E-state index is 12.6. The molecule has 3 aromatic rings. The molecular weight excluding hydrogens is 538 g/mol. The predicted molar refractivity (Wildman–Crippen MR) is 173 cm³/mol. The van der Waals surface area contributed by atoms with Crippen LogP contribution in [0.25, 0.3) is 0 Å². The molecular formula is C37H49NO5. The Labute approximate surface area is 257 Å². The lowest BCUT2D eigenvalue weighted by Crippen LogP contribution is -2.44. The van der Waals surface area contributed by atoms with Crippen LogP contribution < -0.4 is 10.1 Å². The third-order valence-electron chi connectivity index (χ3n) is 8.79. The zero-order chi connectivity index (χ0) is 31.8. The van der Waals surface area contributed by atoms with Crippen LogP contribution >= 0.6 is 0 Å². The van der Waals surface area contributed by atoms with E-state index in [-0.39, 0.29) is 30.0 Å². The molecule has 2 atom stereocenters. The van der Waals surface area contributed by atoms with Gasteiger partial charge in [0.1, 0.15) is 11.8 Å². The third-order valence-corrected chi connectivity index (χ3v) is 8.79. The number of carbonyl (C=O) groups excluding carboxylic acids is 1. The van der Waals surface area contributed by atoms with Gasteiger partial charge in [-0.05, 0) is 84.4 Å². The highest BCUT2D eigenvalue weighted by Gasteiger charge is 2.32. The molecule has 0 saturated heterocycles. The molecule has 6 heteroatoms. The van der Waals surface area contributed by atoms with Gasteiger partial charge in [-0.15, -0.1) is 0 Å². The zero-order valence-electron chi connectivity index (χ0n) is 26.9. The number of ether oxygens (including phenoxy) is 1. The smallest absolute Gasteiger partial charge is 0.326 e. The Morgan fingerprint density at radius 3 is 2.02 bits per heavy atom. The van der Waals surface area contributed by atoms with E-state index >= 15 is 0 Å². The van der Waals surface area contributed by atoms with Gasteiger partial charge in [0.05, 0.1) is 6.10 Å². The Kier molecular flexibility index (Phi) is 11.6. The number of carboxylic acids is 1. The van der Waals surface area contributed by atoms with Crippen LogP contribution in [0.3, 0.4) is 0 Å². The first-order chi connectivity index (χ1) is 20.3. The highest BCUT2D eigenvalue weighted by molar-refractivity contribution is 5.84. The van der Waals surface area contributed by atoms with Crippen molar-refractivity contribution in [1.82, 2.24) is 5.32 Å². The number of aliphatic hydroxyl groups is 1. The van der Waals surface area contributed by atoms with Gasteiger partial charge in [-0.2, -0.15) is 0 Å². The number of aliphatic hydroxyl groups excluding tert-OH is 1. The van der Waals surface area contributed by atoms with Gasteiger partial charge >= 0.3 is 5.97 Å². The standard InChI is InChI=1S/C37H49NO5/c1-8-37(9-2,29-17-15-28(25(3)21-29)16-20-33(39)36(5,6)7)30-18-19-32(26(4)22-30)43-24-34(40)38-31(35(41)42)23-27-13-11-10-12-14-27/h10-15,17-19,21-22,31,33,39H,8-9,16,20,23-24H2,1-7H3,(H,38,40)(H,41,42)/t31-,33?/m1/s1. The highest BCUT2D eigenvalue weighted by atomic mass is 16.5. The van der Waals surface area contributed by atoms with Crippen LogP contribution in [-0.4, -0.2) is 40.8 Å². The summed E-state index contributed by atoms with van der Waals surface area (Å²) >= 11 is 0. The number of hydrogen-bond donors (Lipinski definition) is 3. The molecule has 43 heavy (non-hydrogen) atoms. The van der Waals surface area contributed by atoms with Crippen molar-refractivity contribution >= 4 is 11.9 Å². The average Bonchev–Trinajstić information content (AvgIpc) is 2.96.